The Labute approximate surface area is 143 Å². The minimum Gasteiger partial charge on any atom is -0.326 e. The highest BCUT2D eigenvalue weighted by Gasteiger charge is 2.05. The van der Waals surface area contributed by atoms with Crippen LogP contribution in [0.15, 0.2) is 48.5 Å². The molecule has 2 rings (SSSR count). The fraction of sp³-hybridized carbons (Fsp3) is 0.316. The first-order valence-electron chi connectivity index (χ1n) is 8.02. The van der Waals surface area contributed by atoms with Crippen LogP contribution in [-0.4, -0.2) is 19.0 Å². The molecule has 1 amide bonds. The molecule has 0 saturated carbocycles. The van der Waals surface area contributed by atoms with Crippen LogP contribution in [0.25, 0.3) is 0 Å². The number of carbonyl (C=O) groups is 1. The summed E-state index contributed by atoms with van der Waals surface area (Å²) in [5.74, 6) is 0.0462. The molecular weight excluding hydrogens is 308 g/mol. The molecule has 3 nitrogen and oxygen atoms in total. The number of rotatable bonds is 8. The smallest absolute Gasteiger partial charge is 0.225 e. The molecular formula is C19H23ClN2O. The number of amides is 1. The number of anilines is 1. The van der Waals surface area contributed by atoms with Crippen LogP contribution in [0, 0.1) is 0 Å². The summed E-state index contributed by atoms with van der Waals surface area (Å²) in [7, 11) is 0. The number of aryl methyl sites for hydroxylation is 1. The summed E-state index contributed by atoms with van der Waals surface area (Å²) in [4.78, 5) is 12.0. The number of carbonyl (C=O) groups excluding carboxylic acids is 1. The van der Waals surface area contributed by atoms with Gasteiger partial charge < -0.3 is 10.6 Å². The van der Waals surface area contributed by atoms with Crippen LogP contribution in [0.4, 0.5) is 5.69 Å². The molecule has 4 heteroatoms. The third-order valence-corrected chi connectivity index (χ3v) is 3.96. The normalized spacial score (nSPS) is 10.5. The second-order valence-corrected chi connectivity index (χ2v) is 5.87. The van der Waals surface area contributed by atoms with Crippen molar-refractivity contribution in [3.05, 3.63) is 64.7 Å². The van der Waals surface area contributed by atoms with Crippen molar-refractivity contribution in [2.45, 2.75) is 26.2 Å². The van der Waals surface area contributed by atoms with E-state index >= 15 is 0 Å². The average Bonchev–Trinajstić information content (AvgIpc) is 2.57. The van der Waals surface area contributed by atoms with E-state index in [0.717, 1.165) is 35.7 Å². The number of nitrogens with one attached hydrogen (secondary N) is 2. The number of para-hydroxylation sites is 1. The first-order chi connectivity index (χ1) is 11.2. The highest BCUT2D eigenvalue weighted by molar-refractivity contribution is 6.30. The van der Waals surface area contributed by atoms with E-state index in [4.69, 9.17) is 11.6 Å². The zero-order valence-corrected chi connectivity index (χ0v) is 14.2. The summed E-state index contributed by atoms with van der Waals surface area (Å²) in [6.45, 7) is 3.61. The van der Waals surface area contributed by atoms with E-state index in [2.05, 4.69) is 17.6 Å². The Morgan fingerprint density at radius 2 is 1.78 bits per heavy atom. The third kappa shape index (κ3) is 6.05. The minimum atomic E-state index is 0.0462. The fourth-order valence-corrected chi connectivity index (χ4v) is 2.50. The number of hydrogen-bond donors (Lipinski definition) is 2. The van der Waals surface area contributed by atoms with Gasteiger partial charge in [-0.15, -0.1) is 0 Å². The topological polar surface area (TPSA) is 41.1 Å². The first kappa shape index (κ1) is 17.5. The molecule has 23 heavy (non-hydrogen) atoms. The second-order valence-electron chi connectivity index (χ2n) is 5.44. The van der Waals surface area contributed by atoms with Crippen LogP contribution in [0.5, 0.6) is 0 Å². The van der Waals surface area contributed by atoms with Crippen molar-refractivity contribution in [2.24, 2.45) is 0 Å². The summed E-state index contributed by atoms with van der Waals surface area (Å²) in [5.41, 5.74) is 3.32. The highest BCUT2D eigenvalue weighted by Crippen LogP contribution is 2.15. The van der Waals surface area contributed by atoms with E-state index in [0.29, 0.717) is 13.0 Å². The third-order valence-electron chi connectivity index (χ3n) is 3.70. The van der Waals surface area contributed by atoms with Gasteiger partial charge in [-0.05, 0) is 48.7 Å². The van der Waals surface area contributed by atoms with Crippen molar-refractivity contribution < 1.29 is 4.79 Å². The van der Waals surface area contributed by atoms with Gasteiger partial charge in [-0.1, -0.05) is 48.9 Å². The average molecular weight is 331 g/mol. The van der Waals surface area contributed by atoms with Crippen molar-refractivity contribution >= 4 is 23.2 Å². The fourth-order valence-electron chi connectivity index (χ4n) is 2.37. The minimum absolute atomic E-state index is 0.0462. The first-order valence-corrected chi connectivity index (χ1v) is 8.39. The number of hydrogen-bond acceptors (Lipinski definition) is 2. The SMILES string of the molecule is CCc1ccccc1NC(=O)CCNCCc1ccc(Cl)cc1. The van der Waals surface area contributed by atoms with Gasteiger partial charge in [0, 0.05) is 23.7 Å². The van der Waals surface area contributed by atoms with Crippen LogP contribution >= 0.6 is 11.6 Å². The molecule has 0 bridgehead atoms. The highest BCUT2D eigenvalue weighted by atomic mass is 35.5. The van der Waals surface area contributed by atoms with Gasteiger partial charge in [0.25, 0.3) is 0 Å². The van der Waals surface area contributed by atoms with E-state index in [9.17, 15) is 4.79 Å². The molecule has 0 unspecified atom stereocenters. The summed E-state index contributed by atoms with van der Waals surface area (Å²) < 4.78 is 0. The maximum absolute atomic E-state index is 12.0. The molecule has 0 spiro atoms. The van der Waals surface area contributed by atoms with Gasteiger partial charge in [-0.3, -0.25) is 4.79 Å². The largest absolute Gasteiger partial charge is 0.326 e. The van der Waals surface area contributed by atoms with Crippen molar-refractivity contribution in [2.75, 3.05) is 18.4 Å². The monoisotopic (exact) mass is 330 g/mol. The molecule has 0 saturated heterocycles. The van der Waals surface area contributed by atoms with Crippen LogP contribution in [0.3, 0.4) is 0 Å². The molecule has 0 atom stereocenters. The molecule has 0 fully saturated rings. The van der Waals surface area contributed by atoms with E-state index in [-0.39, 0.29) is 5.91 Å². The molecule has 0 aliphatic carbocycles. The van der Waals surface area contributed by atoms with Gasteiger partial charge in [-0.2, -0.15) is 0 Å². The molecule has 122 valence electrons. The molecule has 2 N–H and O–H groups in total. The molecule has 0 aliphatic heterocycles. The van der Waals surface area contributed by atoms with Crippen LogP contribution < -0.4 is 10.6 Å². The number of halogens is 1. The molecule has 0 aliphatic rings. The summed E-state index contributed by atoms with van der Waals surface area (Å²) in [5, 5.41) is 7.04. The molecule has 2 aromatic rings. The lowest BCUT2D eigenvalue weighted by molar-refractivity contribution is -0.116. The number of benzene rings is 2. The van der Waals surface area contributed by atoms with Crippen LogP contribution in [-0.2, 0) is 17.6 Å². The second kappa shape index (κ2) is 9.33. The van der Waals surface area contributed by atoms with Gasteiger partial charge in [-0.25, -0.2) is 0 Å². The summed E-state index contributed by atoms with van der Waals surface area (Å²) >= 11 is 5.86. The molecule has 2 aromatic carbocycles. The molecule has 0 aromatic heterocycles. The lowest BCUT2D eigenvalue weighted by Gasteiger charge is -2.10. The van der Waals surface area contributed by atoms with E-state index in [1.54, 1.807) is 0 Å². The van der Waals surface area contributed by atoms with Gasteiger partial charge >= 0.3 is 0 Å². The quantitative estimate of drug-likeness (QED) is 0.716. The van der Waals surface area contributed by atoms with E-state index in [1.165, 1.54) is 5.56 Å². The maximum Gasteiger partial charge on any atom is 0.225 e. The Morgan fingerprint density at radius 3 is 2.52 bits per heavy atom. The predicted molar refractivity (Wildman–Crippen MR) is 97.1 cm³/mol. The summed E-state index contributed by atoms with van der Waals surface area (Å²) in [6.07, 6.45) is 2.31. The Kier molecular flexibility index (Phi) is 7.11. The Morgan fingerprint density at radius 1 is 1.04 bits per heavy atom. The van der Waals surface area contributed by atoms with Crippen molar-refractivity contribution in [3.63, 3.8) is 0 Å². The van der Waals surface area contributed by atoms with E-state index in [1.807, 2.05) is 48.5 Å². The zero-order chi connectivity index (χ0) is 16.5. The van der Waals surface area contributed by atoms with Crippen molar-refractivity contribution in [1.29, 1.82) is 0 Å². The predicted octanol–water partition coefficient (Wildman–Crippen LogP) is 4.06. The maximum atomic E-state index is 12.0. The standard InChI is InChI=1S/C19H23ClN2O/c1-2-16-5-3-4-6-18(16)22-19(23)12-14-21-13-11-15-7-9-17(20)10-8-15/h3-10,21H,2,11-14H2,1H3,(H,22,23). The Balaban J connectivity index is 1.66. The van der Waals surface area contributed by atoms with Crippen LogP contribution in [0.1, 0.15) is 24.5 Å². The van der Waals surface area contributed by atoms with Crippen molar-refractivity contribution in [3.8, 4) is 0 Å². The summed E-state index contributed by atoms with van der Waals surface area (Å²) in [6, 6.07) is 15.8. The Hall–Kier alpha value is -1.84. The van der Waals surface area contributed by atoms with Gasteiger partial charge in [0.05, 0.1) is 0 Å². The zero-order valence-electron chi connectivity index (χ0n) is 13.4. The van der Waals surface area contributed by atoms with Gasteiger partial charge in [0.1, 0.15) is 0 Å². The van der Waals surface area contributed by atoms with Crippen LogP contribution in [0.2, 0.25) is 5.02 Å². The van der Waals surface area contributed by atoms with Gasteiger partial charge in [0.2, 0.25) is 5.91 Å². The van der Waals surface area contributed by atoms with Gasteiger partial charge in [0.15, 0.2) is 0 Å². The Bertz CT molecular complexity index is 626. The molecule has 0 heterocycles. The van der Waals surface area contributed by atoms with Crippen molar-refractivity contribution in [1.82, 2.24) is 5.32 Å². The van der Waals surface area contributed by atoms with E-state index < -0.39 is 0 Å². The lowest BCUT2D eigenvalue weighted by atomic mass is 10.1. The molecule has 0 radical (unpaired) electrons. The lowest BCUT2D eigenvalue weighted by Crippen LogP contribution is -2.23.